The molecule has 5 heteroatoms. The Morgan fingerprint density at radius 1 is 1.33 bits per heavy atom. The van der Waals surface area contributed by atoms with Gasteiger partial charge in [-0.15, -0.1) is 0 Å². The molecule has 2 N–H and O–H groups in total. The van der Waals surface area contributed by atoms with Gasteiger partial charge in [0.15, 0.2) is 0 Å². The second-order valence-electron chi connectivity index (χ2n) is 5.71. The minimum absolute atomic E-state index is 0.411. The van der Waals surface area contributed by atoms with Crippen molar-refractivity contribution < 1.29 is 0 Å². The van der Waals surface area contributed by atoms with Crippen LogP contribution in [0.1, 0.15) is 12.5 Å². The van der Waals surface area contributed by atoms with E-state index < -0.39 is 0 Å². The average molecular weight is 300 g/mol. The van der Waals surface area contributed by atoms with Crippen LogP contribution in [0.15, 0.2) is 30.5 Å². The molecular weight excluding hydrogens is 280 g/mol. The number of piperazine rings is 1. The van der Waals surface area contributed by atoms with Crippen LogP contribution in [-0.2, 0) is 0 Å². The molecule has 21 heavy (non-hydrogen) atoms. The number of nitrogens with zero attached hydrogens (tertiary/aromatic N) is 3. The zero-order chi connectivity index (χ0) is 15.0. The standard InChI is InChI=1S/C16H20N4S/c1-11-10-19(2)7-8-20(11)15-12-5-3-4-6-14(12)18-9-13(15)16(17)21/h3-6,9,11H,7-8,10H2,1-2H3,(H2,17,21). The van der Waals surface area contributed by atoms with Gasteiger partial charge in [0.2, 0.25) is 0 Å². The van der Waals surface area contributed by atoms with Gasteiger partial charge >= 0.3 is 0 Å². The van der Waals surface area contributed by atoms with E-state index in [-0.39, 0.29) is 0 Å². The Kier molecular flexibility index (Phi) is 3.78. The third-order valence-electron chi connectivity index (χ3n) is 4.13. The highest BCUT2D eigenvalue weighted by Gasteiger charge is 2.26. The van der Waals surface area contributed by atoms with Crippen LogP contribution in [-0.4, -0.2) is 47.6 Å². The fourth-order valence-electron chi connectivity index (χ4n) is 3.09. The monoisotopic (exact) mass is 300 g/mol. The zero-order valence-electron chi connectivity index (χ0n) is 12.4. The van der Waals surface area contributed by atoms with E-state index in [2.05, 4.69) is 34.8 Å². The number of fused-ring (bicyclic) bond motifs is 1. The van der Waals surface area contributed by atoms with E-state index in [1.807, 2.05) is 24.4 Å². The first-order valence-electron chi connectivity index (χ1n) is 7.20. The van der Waals surface area contributed by atoms with Crippen molar-refractivity contribution in [1.82, 2.24) is 9.88 Å². The molecule has 1 aromatic carbocycles. The van der Waals surface area contributed by atoms with Crippen LogP contribution in [0.3, 0.4) is 0 Å². The van der Waals surface area contributed by atoms with Gasteiger partial charge in [0.25, 0.3) is 0 Å². The fourth-order valence-corrected chi connectivity index (χ4v) is 3.24. The number of likely N-dealkylation sites (N-methyl/N-ethyl adjacent to an activating group) is 1. The first kappa shape index (κ1) is 14.2. The summed E-state index contributed by atoms with van der Waals surface area (Å²) in [4.78, 5) is 9.67. The third kappa shape index (κ3) is 2.59. The molecule has 0 amide bonds. The molecule has 0 aliphatic carbocycles. The molecule has 1 aliphatic heterocycles. The minimum Gasteiger partial charge on any atom is -0.389 e. The summed E-state index contributed by atoms with van der Waals surface area (Å²) in [5, 5.41) is 1.12. The van der Waals surface area contributed by atoms with E-state index in [0.717, 1.165) is 41.8 Å². The van der Waals surface area contributed by atoms with Crippen LogP contribution >= 0.6 is 12.2 Å². The van der Waals surface area contributed by atoms with Gasteiger partial charge in [-0.1, -0.05) is 30.4 Å². The molecule has 3 rings (SSSR count). The van der Waals surface area contributed by atoms with Crippen LogP contribution in [0.5, 0.6) is 0 Å². The summed E-state index contributed by atoms with van der Waals surface area (Å²) in [5.74, 6) is 0. The predicted molar refractivity (Wildman–Crippen MR) is 91.9 cm³/mol. The summed E-state index contributed by atoms with van der Waals surface area (Å²) in [6, 6.07) is 8.60. The van der Waals surface area contributed by atoms with Crippen molar-refractivity contribution in [3.05, 3.63) is 36.0 Å². The Labute approximate surface area is 130 Å². The van der Waals surface area contributed by atoms with Gasteiger partial charge in [-0.2, -0.15) is 0 Å². The van der Waals surface area contributed by atoms with E-state index in [1.54, 1.807) is 0 Å². The number of hydrogen-bond acceptors (Lipinski definition) is 4. The van der Waals surface area contributed by atoms with E-state index in [1.165, 1.54) is 0 Å². The molecule has 1 aromatic heterocycles. The van der Waals surface area contributed by atoms with Crippen molar-refractivity contribution in [2.24, 2.45) is 5.73 Å². The van der Waals surface area contributed by atoms with Crippen LogP contribution in [0, 0.1) is 0 Å². The Balaban J connectivity index is 2.19. The number of pyridine rings is 1. The lowest BCUT2D eigenvalue weighted by molar-refractivity contribution is 0.276. The molecule has 1 saturated heterocycles. The summed E-state index contributed by atoms with van der Waals surface area (Å²) in [5.41, 5.74) is 8.93. The number of rotatable bonds is 2. The first-order valence-corrected chi connectivity index (χ1v) is 7.61. The number of benzene rings is 1. The van der Waals surface area contributed by atoms with Crippen molar-refractivity contribution in [3.63, 3.8) is 0 Å². The minimum atomic E-state index is 0.411. The predicted octanol–water partition coefficient (Wildman–Crippen LogP) is 2.01. The first-order chi connectivity index (χ1) is 10.1. The quantitative estimate of drug-likeness (QED) is 0.860. The Hall–Kier alpha value is -1.72. The molecular formula is C16H20N4S. The smallest absolute Gasteiger partial charge is 0.107 e. The summed E-state index contributed by atoms with van der Waals surface area (Å²) in [7, 11) is 2.16. The molecule has 1 fully saturated rings. The van der Waals surface area contributed by atoms with Crippen molar-refractivity contribution in [2.75, 3.05) is 31.6 Å². The molecule has 0 spiro atoms. The van der Waals surface area contributed by atoms with Gasteiger partial charge in [0.05, 0.1) is 16.8 Å². The molecule has 0 saturated carbocycles. The highest BCUT2D eigenvalue weighted by atomic mass is 32.1. The second kappa shape index (κ2) is 5.58. The van der Waals surface area contributed by atoms with E-state index in [9.17, 15) is 0 Å². The van der Waals surface area contributed by atoms with Crippen LogP contribution in [0.2, 0.25) is 0 Å². The topological polar surface area (TPSA) is 45.4 Å². The van der Waals surface area contributed by atoms with Crippen molar-refractivity contribution in [3.8, 4) is 0 Å². The van der Waals surface area contributed by atoms with Gasteiger partial charge in [-0.25, -0.2) is 0 Å². The SMILES string of the molecule is CC1CN(C)CCN1c1c(C(N)=S)cnc2ccccc12. The zero-order valence-corrected chi connectivity index (χ0v) is 13.2. The Bertz CT molecular complexity index is 685. The maximum Gasteiger partial charge on any atom is 0.107 e. The maximum absolute atomic E-state index is 5.94. The van der Waals surface area contributed by atoms with Crippen LogP contribution in [0.25, 0.3) is 10.9 Å². The molecule has 2 aromatic rings. The summed E-state index contributed by atoms with van der Waals surface area (Å²) in [6.45, 7) is 5.29. The molecule has 1 atom stereocenters. The molecule has 1 aliphatic rings. The summed E-state index contributed by atoms with van der Waals surface area (Å²) in [6.07, 6.45) is 1.81. The van der Waals surface area contributed by atoms with E-state index in [0.29, 0.717) is 11.0 Å². The van der Waals surface area contributed by atoms with Gasteiger partial charge in [-0.05, 0) is 20.0 Å². The number of thiocarbonyl (C=S) groups is 1. The van der Waals surface area contributed by atoms with Gasteiger partial charge in [0, 0.05) is 37.3 Å². The Morgan fingerprint density at radius 2 is 2.10 bits per heavy atom. The highest BCUT2D eigenvalue weighted by molar-refractivity contribution is 7.80. The van der Waals surface area contributed by atoms with Gasteiger partial charge in [0.1, 0.15) is 4.99 Å². The average Bonchev–Trinajstić information content (AvgIpc) is 2.46. The number of nitrogens with two attached hydrogens (primary N) is 1. The van der Waals surface area contributed by atoms with Crippen LogP contribution in [0.4, 0.5) is 5.69 Å². The second-order valence-corrected chi connectivity index (χ2v) is 6.15. The van der Waals surface area contributed by atoms with Crippen molar-refractivity contribution in [1.29, 1.82) is 0 Å². The van der Waals surface area contributed by atoms with Gasteiger partial charge < -0.3 is 15.5 Å². The lowest BCUT2D eigenvalue weighted by Crippen LogP contribution is -2.51. The van der Waals surface area contributed by atoms with Crippen molar-refractivity contribution in [2.45, 2.75) is 13.0 Å². The van der Waals surface area contributed by atoms with Gasteiger partial charge in [-0.3, -0.25) is 4.98 Å². The molecule has 0 radical (unpaired) electrons. The van der Waals surface area contributed by atoms with Crippen LogP contribution < -0.4 is 10.6 Å². The molecule has 0 bridgehead atoms. The number of para-hydroxylation sites is 1. The lowest BCUT2D eigenvalue weighted by atomic mass is 10.0. The molecule has 110 valence electrons. The van der Waals surface area contributed by atoms with E-state index >= 15 is 0 Å². The fraction of sp³-hybridized carbons (Fsp3) is 0.375. The Morgan fingerprint density at radius 3 is 2.81 bits per heavy atom. The largest absolute Gasteiger partial charge is 0.389 e. The molecule has 2 heterocycles. The maximum atomic E-state index is 5.94. The number of anilines is 1. The van der Waals surface area contributed by atoms with Crippen molar-refractivity contribution >= 4 is 33.8 Å². The van der Waals surface area contributed by atoms with E-state index in [4.69, 9.17) is 18.0 Å². The number of hydrogen-bond donors (Lipinski definition) is 1. The lowest BCUT2D eigenvalue weighted by Gasteiger charge is -2.41. The third-order valence-corrected chi connectivity index (χ3v) is 4.35. The summed E-state index contributed by atoms with van der Waals surface area (Å²) >= 11 is 5.24. The normalized spacial score (nSPS) is 19.9. The highest BCUT2D eigenvalue weighted by Crippen LogP contribution is 2.32. The molecule has 1 unspecified atom stereocenters. The number of aromatic nitrogens is 1. The molecule has 4 nitrogen and oxygen atoms in total. The summed E-state index contributed by atoms with van der Waals surface area (Å²) < 4.78 is 0.